The van der Waals surface area contributed by atoms with Crippen LogP contribution in [0.5, 0.6) is 0 Å². The molecule has 1 N–H and O–H groups in total. The number of morpholine rings is 1. The lowest BCUT2D eigenvalue weighted by molar-refractivity contribution is 0.122. The molecule has 4 rings (SSSR count). The zero-order valence-electron chi connectivity index (χ0n) is 12.4. The Labute approximate surface area is 124 Å². The molecule has 2 aromatic rings. The first-order chi connectivity index (χ1) is 10.3. The van der Waals surface area contributed by atoms with Gasteiger partial charge in [0.1, 0.15) is 11.5 Å². The predicted octanol–water partition coefficient (Wildman–Crippen LogP) is 1.70. The largest absolute Gasteiger partial charge is 0.378 e. The van der Waals surface area contributed by atoms with Crippen molar-refractivity contribution in [2.75, 3.05) is 49.2 Å². The van der Waals surface area contributed by atoms with Crippen LogP contribution in [0.3, 0.4) is 0 Å². The normalized spacial score (nSPS) is 19.7. The summed E-state index contributed by atoms with van der Waals surface area (Å²) in [6.45, 7) is 7.54. The standard InChI is InChI=1S/C15H21N5O/c1-11-10-12-13(16-11)17-15(20-4-2-3-5-20)18-14(12)19-6-8-21-9-7-19/h10H,2-9H2,1H3,(H,16,17,18). The summed E-state index contributed by atoms with van der Waals surface area (Å²) >= 11 is 0. The Hall–Kier alpha value is -1.82. The van der Waals surface area contributed by atoms with Crippen LogP contribution in [0.1, 0.15) is 18.5 Å². The number of H-pyrrole nitrogens is 1. The fraction of sp³-hybridized carbons (Fsp3) is 0.600. The van der Waals surface area contributed by atoms with Crippen LogP contribution < -0.4 is 9.80 Å². The van der Waals surface area contributed by atoms with E-state index in [1.54, 1.807) is 0 Å². The van der Waals surface area contributed by atoms with Crippen molar-refractivity contribution in [3.8, 4) is 0 Å². The van der Waals surface area contributed by atoms with Gasteiger partial charge in [-0.1, -0.05) is 0 Å². The van der Waals surface area contributed by atoms with Crippen molar-refractivity contribution in [1.82, 2.24) is 15.0 Å². The maximum absolute atomic E-state index is 5.47. The highest BCUT2D eigenvalue weighted by Crippen LogP contribution is 2.29. The van der Waals surface area contributed by atoms with Crippen molar-refractivity contribution in [3.63, 3.8) is 0 Å². The molecule has 2 saturated heterocycles. The van der Waals surface area contributed by atoms with Gasteiger partial charge in [-0.15, -0.1) is 0 Å². The molecular formula is C15H21N5O. The summed E-state index contributed by atoms with van der Waals surface area (Å²) in [6.07, 6.45) is 2.47. The van der Waals surface area contributed by atoms with E-state index in [0.717, 1.165) is 67.9 Å². The van der Waals surface area contributed by atoms with Crippen molar-refractivity contribution in [2.45, 2.75) is 19.8 Å². The molecule has 6 nitrogen and oxygen atoms in total. The van der Waals surface area contributed by atoms with E-state index in [4.69, 9.17) is 14.7 Å². The predicted molar refractivity (Wildman–Crippen MR) is 83.1 cm³/mol. The van der Waals surface area contributed by atoms with E-state index in [0.29, 0.717) is 0 Å². The average Bonchev–Trinajstić information content (AvgIpc) is 3.15. The van der Waals surface area contributed by atoms with Gasteiger partial charge in [-0.05, 0) is 25.8 Å². The maximum Gasteiger partial charge on any atom is 0.229 e. The molecule has 2 aliphatic heterocycles. The lowest BCUT2D eigenvalue weighted by Crippen LogP contribution is -2.37. The van der Waals surface area contributed by atoms with E-state index < -0.39 is 0 Å². The van der Waals surface area contributed by atoms with Crippen molar-refractivity contribution in [1.29, 1.82) is 0 Å². The third-order valence-corrected chi connectivity index (χ3v) is 4.29. The first-order valence-corrected chi connectivity index (χ1v) is 7.76. The second-order valence-electron chi connectivity index (χ2n) is 5.86. The maximum atomic E-state index is 5.47. The third kappa shape index (κ3) is 2.33. The van der Waals surface area contributed by atoms with Crippen molar-refractivity contribution in [3.05, 3.63) is 11.8 Å². The molecule has 0 amide bonds. The molecule has 4 heterocycles. The molecule has 0 atom stereocenters. The lowest BCUT2D eigenvalue weighted by Gasteiger charge is -2.29. The molecule has 2 aromatic heterocycles. The summed E-state index contributed by atoms with van der Waals surface area (Å²) in [5, 5.41) is 1.12. The van der Waals surface area contributed by atoms with Gasteiger partial charge >= 0.3 is 0 Å². The number of ether oxygens (including phenoxy) is 1. The molecule has 0 bridgehead atoms. The third-order valence-electron chi connectivity index (χ3n) is 4.29. The summed E-state index contributed by atoms with van der Waals surface area (Å²) in [5.74, 6) is 1.91. The van der Waals surface area contributed by atoms with Crippen LogP contribution in [-0.2, 0) is 4.74 Å². The van der Waals surface area contributed by atoms with Gasteiger partial charge in [-0.25, -0.2) is 0 Å². The molecule has 0 saturated carbocycles. The Morgan fingerprint density at radius 3 is 2.57 bits per heavy atom. The summed E-state index contributed by atoms with van der Waals surface area (Å²) in [4.78, 5) is 17.6. The molecule has 6 heteroatoms. The van der Waals surface area contributed by atoms with Gasteiger partial charge in [-0.2, -0.15) is 9.97 Å². The Bertz CT molecular complexity index is 641. The van der Waals surface area contributed by atoms with Gasteiger partial charge in [0, 0.05) is 31.9 Å². The van der Waals surface area contributed by atoms with E-state index in [1.807, 2.05) is 0 Å². The second kappa shape index (κ2) is 5.18. The molecule has 112 valence electrons. The number of aromatic nitrogens is 3. The number of aryl methyl sites for hydroxylation is 1. The number of aromatic amines is 1. The van der Waals surface area contributed by atoms with E-state index in [2.05, 4.69) is 27.8 Å². The van der Waals surface area contributed by atoms with Gasteiger partial charge in [0.15, 0.2) is 0 Å². The van der Waals surface area contributed by atoms with Gasteiger partial charge in [0.05, 0.1) is 18.6 Å². The fourth-order valence-electron chi connectivity index (χ4n) is 3.19. The zero-order valence-corrected chi connectivity index (χ0v) is 12.4. The topological polar surface area (TPSA) is 57.3 Å². The van der Waals surface area contributed by atoms with Crippen LogP contribution in [0.15, 0.2) is 6.07 Å². The highest BCUT2D eigenvalue weighted by molar-refractivity contribution is 5.89. The van der Waals surface area contributed by atoms with Crippen molar-refractivity contribution in [2.24, 2.45) is 0 Å². The Kier molecular flexibility index (Phi) is 3.18. The molecule has 2 fully saturated rings. The van der Waals surface area contributed by atoms with Gasteiger partial charge in [0.2, 0.25) is 5.95 Å². The van der Waals surface area contributed by atoms with Gasteiger partial charge in [0.25, 0.3) is 0 Å². The van der Waals surface area contributed by atoms with E-state index >= 15 is 0 Å². The number of nitrogens with zero attached hydrogens (tertiary/aromatic N) is 4. The molecular weight excluding hydrogens is 266 g/mol. The SMILES string of the molecule is Cc1cc2c(N3CCOCC3)nc(N3CCCC3)nc2[nH]1. The molecule has 21 heavy (non-hydrogen) atoms. The van der Waals surface area contributed by atoms with E-state index in [-0.39, 0.29) is 0 Å². The zero-order chi connectivity index (χ0) is 14.2. The second-order valence-corrected chi connectivity index (χ2v) is 5.86. The quantitative estimate of drug-likeness (QED) is 0.911. The van der Waals surface area contributed by atoms with Crippen LogP contribution in [0.2, 0.25) is 0 Å². The van der Waals surface area contributed by atoms with Crippen LogP contribution >= 0.6 is 0 Å². The number of nitrogens with one attached hydrogen (secondary N) is 1. The van der Waals surface area contributed by atoms with Crippen molar-refractivity contribution >= 4 is 22.8 Å². The van der Waals surface area contributed by atoms with Crippen LogP contribution in [0, 0.1) is 6.92 Å². The van der Waals surface area contributed by atoms with Crippen molar-refractivity contribution < 1.29 is 4.74 Å². The molecule has 0 aliphatic carbocycles. The minimum Gasteiger partial charge on any atom is -0.378 e. The lowest BCUT2D eigenvalue weighted by atomic mass is 10.3. The Balaban J connectivity index is 1.81. The highest BCUT2D eigenvalue weighted by atomic mass is 16.5. The minimum atomic E-state index is 0.772. The van der Waals surface area contributed by atoms with E-state index in [9.17, 15) is 0 Å². The first-order valence-electron chi connectivity index (χ1n) is 7.76. The summed E-state index contributed by atoms with van der Waals surface area (Å²) < 4.78 is 5.47. The van der Waals surface area contributed by atoms with Gasteiger partial charge in [-0.3, -0.25) is 0 Å². The van der Waals surface area contributed by atoms with Crippen LogP contribution in [0.4, 0.5) is 11.8 Å². The number of rotatable bonds is 2. The first kappa shape index (κ1) is 12.9. The highest BCUT2D eigenvalue weighted by Gasteiger charge is 2.22. The van der Waals surface area contributed by atoms with E-state index in [1.165, 1.54) is 12.8 Å². The monoisotopic (exact) mass is 287 g/mol. The average molecular weight is 287 g/mol. The Morgan fingerprint density at radius 2 is 1.81 bits per heavy atom. The minimum absolute atomic E-state index is 0.772. The summed E-state index contributed by atoms with van der Waals surface area (Å²) in [6, 6.07) is 2.15. The smallest absolute Gasteiger partial charge is 0.229 e. The molecule has 0 radical (unpaired) electrons. The van der Waals surface area contributed by atoms with Crippen LogP contribution in [0.25, 0.3) is 11.0 Å². The Morgan fingerprint density at radius 1 is 1.05 bits per heavy atom. The van der Waals surface area contributed by atoms with Gasteiger partial charge < -0.3 is 19.5 Å². The van der Waals surface area contributed by atoms with Crippen LogP contribution in [-0.4, -0.2) is 54.3 Å². The molecule has 0 aromatic carbocycles. The number of hydrogen-bond acceptors (Lipinski definition) is 5. The molecule has 2 aliphatic rings. The molecule has 0 spiro atoms. The molecule has 0 unspecified atom stereocenters. The summed E-state index contributed by atoms with van der Waals surface area (Å²) in [7, 11) is 0. The number of hydrogen-bond donors (Lipinski definition) is 1. The number of anilines is 2. The fourth-order valence-corrected chi connectivity index (χ4v) is 3.19. The summed E-state index contributed by atoms with van der Waals surface area (Å²) in [5.41, 5.74) is 2.08. The number of fused-ring (bicyclic) bond motifs is 1.